The predicted molar refractivity (Wildman–Crippen MR) is 112 cm³/mol. The maximum Gasteiger partial charge on any atom is 0.193 e. The van der Waals surface area contributed by atoms with Crippen molar-refractivity contribution >= 4 is 17.3 Å². The zero-order valence-electron chi connectivity index (χ0n) is 18.6. The fourth-order valence-electron chi connectivity index (χ4n) is 7.83. The molecule has 0 bridgehead atoms. The van der Waals surface area contributed by atoms with Crippen molar-refractivity contribution in [1.82, 2.24) is 0 Å². The van der Waals surface area contributed by atoms with E-state index in [1.165, 1.54) is 0 Å². The summed E-state index contributed by atoms with van der Waals surface area (Å²) < 4.78 is 12.6. The molecule has 1 aliphatic heterocycles. The molecule has 4 fully saturated rings. The van der Waals surface area contributed by atoms with E-state index in [-0.39, 0.29) is 41.5 Å². The fourth-order valence-corrected chi connectivity index (χ4v) is 7.83. The Balaban J connectivity index is 1.56. The molecule has 168 valence electrons. The molecule has 0 amide bonds. The van der Waals surface area contributed by atoms with Crippen molar-refractivity contribution in [1.29, 1.82) is 0 Å². The maximum absolute atomic E-state index is 13.8. The molecule has 0 aromatic heterocycles. The van der Waals surface area contributed by atoms with Crippen LogP contribution in [0.4, 0.5) is 0 Å². The summed E-state index contributed by atoms with van der Waals surface area (Å²) in [4.78, 5) is 38.9. The van der Waals surface area contributed by atoms with E-state index in [1.54, 1.807) is 12.2 Å². The molecule has 5 rings (SSSR count). The van der Waals surface area contributed by atoms with E-state index in [0.717, 1.165) is 24.8 Å². The molecule has 31 heavy (non-hydrogen) atoms. The van der Waals surface area contributed by atoms with Crippen molar-refractivity contribution in [2.75, 3.05) is 6.61 Å². The Bertz CT molecular complexity index is 904. The third-order valence-corrected chi connectivity index (χ3v) is 9.13. The molecule has 2 unspecified atom stereocenters. The minimum Gasteiger partial charge on any atom is -0.388 e. The highest BCUT2D eigenvalue weighted by Crippen LogP contribution is 2.68. The summed E-state index contributed by atoms with van der Waals surface area (Å²) in [7, 11) is 0. The van der Waals surface area contributed by atoms with Crippen molar-refractivity contribution in [3.05, 3.63) is 23.8 Å². The molecule has 3 saturated carbocycles. The monoisotopic (exact) mass is 428 g/mol. The Kier molecular flexibility index (Phi) is 4.75. The fraction of sp³-hybridized carbons (Fsp3) is 0.720. The molecule has 0 aromatic carbocycles. The third-order valence-electron chi connectivity index (χ3n) is 9.13. The van der Waals surface area contributed by atoms with Crippen LogP contribution in [0, 0.1) is 28.6 Å². The number of allylic oxidation sites excluding steroid dienone is 4. The highest BCUT2D eigenvalue weighted by atomic mass is 16.7. The molecule has 8 atom stereocenters. The van der Waals surface area contributed by atoms with Gasteiger partial charge < -0.3 is 14.6 Å². The van der Waals surface area contributed by atoms with Crippen LogP contribution in [-0.2, 0) is 23.9 Å². The lowest BCUT2D eigenvalue weighted by atomic mass is 9.46. The number of rotatable bonds is 4. The lowest BCUT2D eigenvalue weighted by Crippen LogP contribution is -2.62. The van der Waals surface area contributed by atoms with Gasteiger partial charge >= 0.3 is 0 Å². The lowest BCUT2D eigenvalue weighted by molar-refractivity contribution is -0.187. The van der Waals surface area contributed by atoms with Gasteiger partial charge in [0.2, 0.25) is 0 Å². The summed E-state index contributed by atoms with van der Waals surface area (Å²) >= 11 is 0. The number of ether oxygens (including phenoxy) is 2. The quantitative estimate of drug-likeness (QED) is 0.741. The lowest BCUT2D eigenvalue weighted by Gasteiger charge is -2.57. The van der Waals surface area contributed by atoms with Gasteiger partial charge in [0, 0.05) is 23.2 Å². The van der Waals surface area contributed by atoms with E-state index in [0.29, 0.717) is 12.8 Å². The van der Waals surface area contributed by atoms with Crippen molar-refractivity contribution in [3.63, 3.8) is 0 Å². The van der Waals surface area contributed by atoms with Crippen molar-refractivity contribution < 1.29 is 29.0 Å². The molecule has 0 radical (unpaired) electrons. The maximum atomic E-state index is 13.8. The topological polar surface area (TPSA) is 89.9 Å². The van der Waals surface area contributed by atoms with Crippen LogP contribution in [0.1, 0.15) is 59.3 Å². The summed E-state index contributed by atoms with van der Waals surface area (Å²) in [5, 5.41) is 9.86. The standard InChI is InChI=1S/C25H32O6/c1-4-5-21-30-20-11-17-16-7-6-14-10-15(27)8-9-23(14,2)22(16)18(28)12-24(17,3)25(20,31-21)19(29)13-26/h8-10,16-17,20-22,26H,4-7,11-13H2,1-3H3/t16-,17?,20+,21?,22+,23-,24-,25+/m0/s1. The second-order valence-corrected chi connectivity index (χ2v) is 10.5. The number of aliphatic hydroxyl groups excluding tert-OH is 1. The second-order valence-electron chi connectivity index (χ2n) is 10.5. The van der Waals surface area contributed by atoms with E-state index in [4.69, 9.17) is 9.47 Å². The number of carbonyl (C=O) groups is 3. The van der Waals surface area contributed by atoms with E-state index in [2.05, 4.69) is 6.92 Å². The molecule has 1 N–H and O–H groups in total. The molecule has 5 aliphatic rings. The van der Waals surface area contributed by atoms with Gasteiger partial charge in [-0.1, -0.05) is 38.8 Å². The van der Waals surface area contributed by atoms with Gasteiger partial charge in [-0.15, -0.1) is 0 Å². The molecule has 1 saturated heterocycles. The van der Waals surface area contributed by atoms with Gasteiger partial charge in [-0.05, 0) is 49.7 Å². The van der Waals surface area contributed by atoms with E-state index in [1.807, 2.05) is 19.9 Å². The van der Waals surface area contributed by atoms with Gasteiger partial charge in [0.25, 0.3) is 0 Å². The number of carbonyl (C=O) groups excluding carboxylic acids is 3. The second kappa shape index (κ2) is 6.93. The highest BCUT2D eigenvalue weighted by Gasteiger charge is 2.75. The number of hydrogen-bond acceptors (Lipinski definition) is 6. The first-order valence-electron chi connectivity index (χ1n) is 11.7. The minimum atomic E-state index is -1.26. The Morgan fingerprint density at radius 1 is 1.29 bits per heavy atom. The Hall–Kier alpha value is -1.63. The van der Waals surface area contributed by atoms with Crippen molar-refractivity contribution in [2.24, 2.45) is 28.6 Å². The largest absolute Gasteiger partial charge is 0.388 e. The van der Waals surface area contributed by atoms with Gasteiger partial charge in [0.05, 0.1) is 6.10 Å². The molecule has 1 heterocycles. The summed E-state index contributed by atoms with van der Waals surface area (Å²) in [6.45, 7) is 5.51. The van der Waals surface area contributed by atoms with Gasteiger partial charge in [-0.2, -0.15) is 0 Å². The van der Waals surface area contributed by atoms with Crippen LogP contribution in [0.3, 0.4) is 0 Å². The van der Waals surface area contributed by atoms with Crippen LogP contribution in [-0.4, -0.2) is 47.1 Å². The summed E-state index contributed by atoms with van der Waals surface area (Å²) in [6.07, 6.45) is 8.35. The molecule has 0 spiro atoms. The number of ketones is 3. The van der Waals surface area contributed by atoms with E-state index >= 15 is 0 Å². The zero-order chi connectivity index (χ0) is 22.2. The van der Waals surface area contributed by atoms with Crippen LogP contribution >= 0.6 is 0 Å². The molecule has 6 heteroatoms. The first-order valence-corrected chi connectivity index (χ1v) is 11.7. The average molecular weight is 429 g/mol. The molecular formula is C25H32O6. The number of fused-ring (bicyclic) bond motifs is 7. The van der Waals surface area contributed by atoms with Crippen LogP contribution in [0.5, 0.6) is 0 Å². The van der Waals surface area contributed by atoms with Crippen LogP contribution in [0.25, 0.3) is 0 Å². The summed E-state index contributed by atoms with van der Waals surface area (Å²) in [5.41, 5.74) is -1.37. The Labute approximate surface area is 183 Å². The minimum absolute atomic E-state index is 0.00863. The van der Waals surface area contributed by atoms with Crippen molar-refractivity contribution in [2.45, 2.75) is 77.3 Å². The van der Waals surface area contributed by atoms with E-state index in [9.17, 15) is 19.5 Å². The Morgan fingerprint density at radius 3 is 2.77 bits per heavy atom. The van der Waals surface area contributed by atoms with Crippen LogP contribution in [0.15, 0.2) is 23.8 Å². The first-order chi connectivity index (χ1) is 14.7. The molecule has 6 nitrogen and oxygen atoms in total. The van der Waals surface area contributed by atoms with Gasteiger partial charge in [-0.25, -0.2) is 0 Å². The zero-order valence-corrected chi connectivity index (χ0v) is 18.6. The van der Waals surface area contributed by atoms with Gasteiger partial charge in [-0.3, -0.25) is 14.4 Å². The Morgan fingerprint density at radius 2 is 2.06 bits per heavy atom. The normalized spacial score (nSPS) is 48.0. The highest BCUT2D eigenvalue weighted by molar-refractivity contribution is 6.02. The SMILES string of the molecule is CCCC1O[C@@H]2CC3[C@@H]4CCC5=CC(=O)C=C[C@]5(C)[C@H]4C(=O)C[C@]3(C)[C@]2(C(=O)CO)O1. The van der Waals surface area contributed by atoms with Crippen LogP contribution < -0.4 is 0 Å². The number of aliphatic hydroxyl groups is 1. The molecule has 0 aromatic rings. The predicted octanol–water partition coefficient (Wildman–Crippen LogP) is 2.93. The first kappa shape index (κ1) is 21.2. The van der Waals surface area contributed by atoms with E-state index < -0.39 is 35.4 Å². The van der Waals surface area contributed by atoms with Gasteiger partial charge in [0.1, 0.15) is 12.4 Å². The smallest absolute Gasteiger partial charge is 0.193 e. The number of hydrogen-bond donors (Lipinski definition) is 1. The summed E-state index contributed by atoms with van der Waals surface area (Å²) in [6, 6.07) is 0. The summed E-state index contributed by atoms with van der Waals surface area (Å²) in [5.74, 6) is -0.269. The van der Waals surface area contributed by atoms with Crippen molar-refractivity contribution in [3.8, 4) is 0 Å². The van der Waals surface area contributed by atoms with Gasteiger partial charge in [0.15, 0.2) is 23.5 Å². The third kappa shape index (κ3) is 2.58. The number of Topliss-reactive ketones (excluding diaryl/α,β-unsaturated/α-hetero) is 2. The molecular weight excluding hydrogens is 396 g/mol. The van der Waals surface area contributed by atoms with Crippen LogP contribution in [0.2, 0.25) is 0 Å². The average Bonchev–Trinajstić information content (AvgIpc) is 3.20. The molecule has 4 aliphatic carbocycles.